The molecular formula is C24H17ClN2OS. The molecule has 5 heteroatoms. The molecule has 0 spiro atoms. The fourth-order valence-corrected chi connectivity index (χ4v) is 4.71. The predicted molar refractivity (Wildman–Crippen MR) is 121 cm³/mol. The van der Waals surface area contributed by atoms with Gasteiger partial charge in [-0.3, -0.25) is 4.79 Å². The third-order valence-electron chi connectivity index (χ3n) is 4.98. The number of hydrogen-bond donors (Lipinski definition) is 1. The lowest BCUT2D eigenvalue weighted by Gasteiger charge is -2.18. The molecule has 1 amide bonds. The van der Waals surface area contributed by atoms with Crippen molar-refractivity contribution in [2.75, 3.05) is 5.32 Å². The predicted octanol–water partition coefficient (Wildman–Crippen LogP) is 6.43. The van der Waals surface area contributed by atoms with Gasteiger partial charge in [0, 0.05) is 39.1 Å². The summed E-state index contributed by atoms with van der Waals surface area (Å²) in [6, 6.07) is 24.0. The zero-order valence-corrected chi connectivity index (χ0v) is 17.0. The van der Waals surface area contributed by atoms with Crippen molar-refractivity contribution in [3.05, 3.63) is 100 Å². The highest BCUT2D eigenvalue weighted by Gasteiger charge is 2.21. The SMILES string of the molecule is O=C1Nc2ccccc2S/C1=C\c1cn(Cc2ccccc2Cl)c2ccccc12. The number of carbonyl (C=O) groups is 1. The van der Waals surface area contributed by atoms with Crippen LogP contribution in [0.5, 0.6) is 0 Å². The van der Waals surface area contributed by atoms with Crippen LogP contribution in [0.1, 0.15) is 11.1 Å². The van der Waals surface area contributed by atoms with Gasteiger partial charge in [-0.1, -0.05) is 71.9 Å². The minimum atomic E-state index is -0.0726. The Kier molecular flexibility index (Phi) is 4.66. The van der Waals surface area contributed by atoms with Gasteiger partial charge in [0.2, 0.25) is 0 Å². The molecule has 0 aliphatic carbocycles. The summed E-state index contributed by atoms with van der Waals surface area (Å²) in [4.78, 5) is 14.4. The molecule has 1 aliphatic rings. The van der Waals surface area contributed by atoms with Gasteiger partial charge in [0.25, 0.3) is 5.91 Å². The summed E-state index contributed by atoms with van der Waals surface area (Å²) < 4.78 is 2.18. The summed E-state index contributed by atoms with van der Waals surface area (Å²) in [5.74, 6) is -0.0726. The molecule has 4 aromatic rings. The minimum absolute atomic E-state index is 0.0726. The lowest BCUT2D eigenvalue weighted by molar-refractivity contribution is -0.112. The smallest absolute Gasteiger partial charge is 0.262 e. The van der Waals surface area contributed by atoms with Gasteiger partial charge in [0.1, 0.15) is 0 Å². The molecule has 3 nitrogen and oxygen atoms in total. The Labute approximate surface area is 178 Å². The molecule has 3 aromatic carbocycles. The van der Waals surface area contributed by atoms with Crippen molar-refractivity contribution in [1.29, 1.82) is 0 Å². The second kappa shape index (κ2) is 7.47. The average Bonchev–Trinajstić information content (AvgIpc) is 3.08. The number of nitrogens with zero attached hydrogens (tertiary/aromatic N) is 1. The number of thioether (sulfide) groups is 1. The van der Waals surface area contributed by atoms with Gasteiger partial charge in [-0.2, -0.15) is 0 Å². The first-order valence-electron chi connectivity index (χ1n) is 9.30. The van der Waals surface area contributed by atoms with E-state index in [0.717, 1.165) is 37.6 Å². The van der Waals surface area contributed by atoms with Crippen LogP contribution < -0.4 is 5.32 Å². The molecule has 0 saturated heterocycles. The molecule has 0 unspecified atom stereocenters. The van der Waals surface area contributed by atoms with E-state index in [1.54, 1.807) is 0 Å². The van der Waals surface area contributed by atoms with Crippen LogP contribution >= 0.6 is 23.4 Å². The van der Waals surface area contributed by atoms with E-state index in [2.05, 4.69) is 28.2 Å². The van der Waals surface area contributed by atoms with Crippen molar-refractivity contribution in [2.24, 2.45) is 0 Å². The first-order chi connectivity index (χ1) is 14.2. The highest BCUT2D eigenvalue weighted by Crippen LogP contribution is 2.39. The molecular weight excluding hydrogens is 400 g/mol. The van der Waals surface area contributed by atoms with E-state index in [0.29, 0.717) is 11.4 Å². The van der Waals surface area contributed by atoms with Gasteiger partial charge in [0.15, 0.2) is 0 Å². The Balaban J connectivity index is 1.57. The Hall–Kier alpha value is -2.95. The van der Waals surface area contributed by atoms with Gasteiger partial charge in [0.05, 0.1) is 10.6 Å². The van der Waals surface area contributed by atoms with Gasteiger partial charge in [-0.15, -0.1) is 0 Å². The number of anilines is 1. The Morgan fingerprint density at radius 3 is 2.62 bits per heavy atom. The second-order valence-corrected chi connectivity index (χ2v) is 8.37. The highest BCUT2D eigenvalue weighted by molar-refractivity contribution is 8.04. The molecule has 29 heavy (non-hydrogen) atoms. The molecule has 5 rings (SSSR count). The minimum Gasteiger partial charge on any atom is -0.342 e. The van der Waals surface area contributed by atoms with Crippen LogP contribution in [0.25, 0.3) is 17.0 Å². The average molecular weight is 417 g/mol. The number of fused-ring (bicyclic) bond motifs is 2. The first kappa shape index (κ1) is 18.1. The molecule has 1 aromatic heterocycles. The molecule has 2 heterocycles. The highest BCUT2D eigenvalue weighted by atomic mass is 35.5. The fraction of sp³-hybridized carbons (Fsp3) is 0.0417. The third kappa shape index (κ3) is 3.46. The number of hydrogen-bond acceptors (Lipinski definition) is 2. The zero-order chi connectivity index (χ0) is 19.8. The van der Waals surface area contributed by atoms with E-state index in [4.69, 9.17) is 11.6 Å². The van der Waals surface area contributed by atoms with E-state index in [1.165, 1.54) is 11.8 Å². The monoisotopic (exact) mass is 416 g/mol. The van der Waals surface area contributed by atoms with E-state index >= 15 is 0 Å². The van der Waals surface area contributed by atoms with Crippen LogP contribution in [0.2, 0.25) is 5.02 Å². The van der Waals surface area contributed by atoms with Crippen LogP contribution in [0.15, 0.2) is 88.8 Å². The van der Waals surface area contributed by atoms with Crippen molar-refractivity contribution in [3.63, 3.8) is 0 Å². The molecule has 0 atom stereocenters. The lowest BCUT2D eigenvalue weighted by Crippen LogP contribution is -2.16. The fourth-order valence-electron chi connectivity index (χ4n) is 3.58. The van der Waals surface area contributed by atoms with Crippen molar-refractivity contribution in [1.82, 2.24) is 4.57 Å². The van der Waals surface area contributed by atoms with Crippen molar-refractivity contribution >= 4 is 51.9 Å². The maximum atomic E-state index is 12.6. The summed E-state index contributed by atoms with van der Waals surface area (Å²) in [6.45, 7) is 0.672. The number of para-hydroxylation sites is 2. The lowest BCUT2D eigenvalue weighted by atomic mass is 10.1. The van der Waals surface area contributed by atoms with Crippen molar-refractivity contribution in [2.45, 2.75) is 11.4 Å². The topological polar surface area (TPSA) is 34.0 Å². The van der Waals surface area contributed by atoms with E-state index in [-0.39, 0.29) is 5.91 Å². The van der Waals surface area contributed by atoms with Crippen LogP contribution in [0, 0.1) is 0 Å². The van der Waals surface area contributed by atoms with Gasteiger partial charge in [-0.05, 0) is 35.9 Å². The standard InChI is InChI=1S/C24H17ClN2OS/c25-19-9-3-1-7-16(19)14-27-15-17(18-8-2-5-11-21(18)27)13-23-24(28)26-20-10-4-6-12-22(20)29-23/h1-13,15H,14H2,(H,26,28)/b23-13-. The van der Waals surface area contributed by atoms with Crippen molar-refractivity contribution < 1.29 is 4.79 Å². The molecule has 142 valence electrons. The summed E-state index contributed by atoms with van der Waals surface area (Å²) in [5.41, 5.74) is 4.05. The number of nitrogens with one attached hydrogen (secondary N) is 1. The molecule has 0 saturated carbocycles. The zero-order valence-electron chi connectivity index (χ0n) is 15.4. The largest absolute Gasteiger partial charge is 0.342 e. The molecule has 1 N–H and O–H groups in total. The van der Waals surface area contributed by atoms with Gasteiger partial charge < -0.3 is 9.88 Å². The second-order valence-electron chi connectivity index (χ2n) is 6.88. The van der Waals surface area contributed by atoms with Crippen molar-refractivity contribution in [3.8, 4) is 0 Å². The number of aromatic nitrogens is 1. The third-order valence-corrected chi connectivity index (χ3v) is 6.45. The first-order valence-corrected chi connectivity index (χ1v) is 10.5. The summed E-state index contributed by atoms with van der Waals surface area (Å²) in [6.07, 6.45) is 4.07. The number of rotatable bonds is 3. The molecule has 0 fully saturated rings. The van der Waals surface area contributed by atoms with E-state index < -0.39 is 0 Å². The number of benzene rings is 3. The number of halogens is 1. The molecule has 0 radical (unpaired) electrons. The number of amides is 1. The maximum absolute atomic E-state index is 12.6. The quantitative estimate of drug-likeness (QED) is 0.390. The van der Waals surface area contributed by atoms with Gasteiger partial charge in [-0.25, -0.2) is 0 Å². The summed E-state index contributed by atoms with van der Waals surface area (Å²) in [7, 11) is 0. The Morgan fingerprint density at radius 2 is 1.72 bits per heavy atom. The molecule has 0 bridgehead atoms. The van der Waals surface area contributed by atoms with Crippen LogP contribution in [-0.2, 0) is 11.3 Å². The Bertz CT molecular complexity index is 1270. The summed E-state index contributed by atoms with van der Waals surface area (Å²) >= 11 is 7.88. The van der Waals surface area contributed by atoms with E-state index in [1.807, 2.05) is 66.7 Å². The Morgan fingerprint density at radius 1 is 0.966 bits per heavy atom. The maximum Gasteiger partial charge on any atom is 0.262 e. The van der Waals surface area contributed by atoms with Gasteiger partial charge >= 0.3 is 0 Å². The van der Waals surface area contributed by atoms with Crippen LogP contribution in [0.4, 0.5) is 5.69 Å². The van der Waals surface area contributed by atoms with E-state index in [9.17, 15) is 4.79 Å². The summed E-state index contributed by atoms with van der Waals surface area (Å²) in [5, 5.41) is 4.84. The normalized spacial score (nSPS) is 14.8. The molecule has 1 aliphatic heterocycles. The van der Waals surface area contributed by atoms with Crippen LogP contribution in [0.3, 0.4) is 0 Å². The van der Waals surface area contributed by atoms with Crippen LogP contribution in [-0.4, -0.2) is 10.5 Å². The number of carbonyl (C=O) groups excluding carboxylic acids is 1.